The molecule has 2 fully saturated rings. The standard InChI is InChI=1S/C23H34O/c1-5-22-14-23(24,6-2)21-18-10-7-15(3)13-17(18)9-11-19(21)20(22)12-8-16(22)4/h7,19-21,24H,4-6,8-14H2,1-3H3/t19?,20?,21?,22-,23?/m1/s1. The highest BCUT2D eigenvalue weighted by Gasteiger charge is 2.61. The SMILES string of the molecule is C=C1CCC2C3CCC4=C(CC=C(C)C4)C3C(O)(CC)C[C@]12CC. The Kier molecular flexibility index (Phi) is 3.88. The molecule has 0 bridgehead atoms. The largest absolute Gasteiger partial charge is 0.389 e. The van der Waals surface area contributed by atoms with E-state index in [1.165, 1.54) is 36.8 Å². The van der Waals surface area contributed by atoms with Gasteiger partial charge in [0.15, 0.2) is 0 Å². The molecule has 1 nitrogen and oxygen atoms in total. The highest BCUT2D eigenvalue weighted by atomic mass is 16.3. The fourth-order valence-electron chi connectivity index (χ4n) is 7.10. The van der Waals surface area contributed by atoms with E-state index in [1.54, 1.807) is 11.1 Å². The number of hydrogen-bond donors (Lipinski definition) is 1. The molecule has 4 rings (SSSR count). The maximum atomic E-state index is 11.8. The average molecular weight is 327 g/mol. The van der Waals surface area contributed by atoms with E-state index in [-0.39, 0.29) is 5.41 Å². The smallest absolute Gasteiger partial charge is 0.0721 e. The van der Waals surface area contributed by atoms with Crippen molar-refractivity contribution >= 4 is 0 Å². The van der Waals surface area contributed by atoms with Crippen LogP contribution in [-0.4, -0.2) is 10.7 Å². The lowest BCUT2D eigenvalue weighted by atomic mass is 9.47. The Bertz CT molecular complexity index is 624. The van der Waals surface area contributed by atoms with Crippen LogP contribution in [0.4, 0.5) is 0 Å². The minimum atomic E-state index is -0.523. The lowest BCUT2D eigenvalue weighted by Gasteiger charge is -2.59. The van der Waals surface area contributed by atoms with Crippen molar-refractivity contribution < 1.29 is 5.11 Å². The van der Waals surface area contributed by atoms with Gasteiger partial charge in [-0.25, -0.2) is 0 Å². The summed E-state index contributed by atoms with van der Waals surface area (Å²) in [6.45, 7) is 11.3. The van der Waals surface area contributed by atoms with Gasteiger partial charge in [0, 0.05) is 5.92 Å². The van der Waals surface area contributed by atoms with Gasteiger partial charge in [-0.05, 0) is 82.0 Å². The van der Waals surface area contributed by atoms with Gasteiger partial charge < -0.3 is 5.11 Å². The summed E-state index contributed by atoms with van der Waals surface area (Å²) in [4.78, 5) is 0. The molecule has 24 heavy (non-hydrogen) atoms. The molecule has 2 saturated carbocycles. The average Bonchev–Trinajstić information content (AvgIpc) is 2.91. The Morgan fingerprint density at radius 3 is 2.71 bits per heavy atom. The Hall–Kier alpha value is -0.820. The molecular weight excluding hydrogens is 292 g/mol. The second-order valence-electron chi connectivity index (χ2n) is 9.13. The Labute approximate surface area is 147 Å². The van der Waals surface area contributed by atoms with Crippen LogP contribution in [0.15, 0.2) is 34.9 Å². The van der Waals surface area contributed by atoms with Crippen LogP contribution in [0.25, 0.3) is 0 Å². The summed E-state index contributed by atoms with van der Waals surface area (Å²) in [5.74, 6) is 1.84. The molecule has 5 atom stereocenters. The van der Waals surface area contributed by atoms with Crippen molar-refractivity contribution in [1.82, 2.24) is 0 Å². The van der Waals surface area contributed by atoms with Crippen LogP contribution in [0.3, 0.4) is 0 Å². The van der Waals surface area contributed by atoms with Gasteiger partial charge in [0.1, 0.15) is 0 Å². The molecule has 0 spiro atoms. The highest BCUT2D eigenvalue weighted by Crippen LogP contribution is 2.67. The highest BCUT2D eigenvalue weighted by molar-refractivity contribution is 5.37. The summed E-state index contributed by atoms with van der Waals surface area (Å²) < 4.78 is 0. The summed E-state index contributed by atoms with van der Waals surface area (Å²) in [6.07, 6.45) is 12.7. The number of fused-ring (bicyclic) bond motifs is 4. The van der Waals surface area contributed by atoms with E-state index in [1.807, 2.05) is 0 Å². The van der Waals surface area contributed by atoms with Gasteiger partial charge in [0.25, 0.3) is 0 Å². The monoisotopic (exact) mass is 326 g/mol. The van der Waals surface area contributed by atoms with E-state index in [0.29, 0.717) is 11.8 Å². The van der Waals surface area contributed by atoms with Crippen LogP contribution in [-0.2, 0) is 0 Å². The van der Waals surface area contributed by atoms with Crippen molar-refractivity contribution in [3.05, 3.63) is 34.9 Å². The fraction of sp³-hybridized carbons (Fsp3) is 0.739. The lowest BCUT2D eigenvalue weighted by Crippen LogP contribution is -2.57. The van der Waals surface area contributed by atoms with Crippen molar-refractivity contribution in [2.24, 2.45) is 23.2 Å². The van der Waals surface area contributed by atoms with Crippen LogP contribution < -0.4 is 0 Å². The van der Waals surface area contributed by atoms with E-state index < -0.39 is 5.60 Å². The molecule has 1 heteroatoms. The zero-order valence-corrected chi connectivity index (χ0v) is 15.8. The molecule has 0 saturated heterocycles. The minimum Gasteiger partial charge on any atom is -0.389 e. The van der Waals surface area contributed by atoms with E-state index in [9.17, 15) is 5.11 Å². The minimum absolute atomic E-state index is 0.213. The van der Waals surface area contributed by atoms with Crippen LogP contribution in [0.5, 0.6) is 0 Å². The first-order chi connectivity index (χ1) is 11.4. The zero-order chi connectivity index (χ0) is 17.1. The van der Waals surface area contributed by atoms with Crippen molar-refractivity contribution in [2.75, 3.05) is 0 Å². The lowest BCUT2D eigenvalue weighted by molar-refractivity contribution is -0.130. The normalized spacial score (nSPS) is 44.8. The molecule has 0 heterocycles. The number of allylic oxidation sites excluding steroid dienone is 4. The van der Waals surface area contributed by atoms with Crippen molar-refractivity contribution in [3.63, 3.8) is 0 Å². The van der Waals surface area contributed by atoms with E-state index in [4.69, 9.17) is 0 Å². The summed E-state index contributed by atoms with van der Waals surface area (Å²) >= 11 is 0. The summed E-state index contributed by atoms with van der Waals surface area (Å²) in [5.41, 5.74) is 5.96. The molecule has 0 aromatic carbocycles. The van der Waals surface area contributed by atoms with Crippen LogP contribution in [0, 0.1) is 23.2 Å². The van der Waals surface area contributed by atoms with Gasteiger partial charge >= 0.3 is 0 Å². The molecule has 132 valence electrons. The number of rotatable bonds is 2. The molecular formula is C23H34O. The molecule has 0 aliphatic heterocycles. The summed E-state index contributed by atoms with van der Waals surface area (Å²) in [7, 11) is 0. The van der Waals surface area contributed by atoms with Gasteiger partial charge in [-0.15, -0.1) is 0 Å². The first kappa shape index (κ1) is 16.6. The van der Waals surface area contributed by atoms with Crippen LogP contribution in [0.2, 0.25) is 0 Å². The molecule has 0 amide bonds. The number of hydrogen-bond acceptors (Lipinski definition) is 1. The predicted molar refractivity (Wildman–Crippen MR) is 101 cm³/mol. The zero-order valence-electron chi connectivity index (χ0n) is 15.8. The van der Waals surface area contributed by atoms with Gasteiger partial charge in [0.2, 0.25) is 0 Å². The van der Waals surface area contributed by atoms with Crippen molar-refractivity contribution in [3.8, 4) is 0 Å². The van der Waals surface area contributed by atoms with Gasteiger partial charge in [-0.2, -0.15) is 0 Å². The van der Waals surface area contributed by atoms with E-state index >= 15 is 0 Å². The van der Waals surface area contributed by atoms with Crippen molar-refractivity contribution in [2.45, 2.75) is 84.2 Å². The molecule has 0 aromatic heterocycles. The fourth-order valence-corrected chi connectivity index (χ4v) is 7.10. The Morgan fingerprint density at radius 1 is 1.21 bits per heavy atom. The third-order valence-corrected chi connectivity index (χ3v) is 8.33. The predicted octanol–water partition coefficient (Wildman–Crippen LogP) is 5.96. The van der Waals surface area contributed by atoms with Gasteiger partial charge in [-0.3, -0.25) is 0 Å². The Morgan fingerprint density at radius 2 is 2.00 bits per heavy atom. The van der Waals surface area contributed by atoms with Gasteiger partial charge in [-0.1, -0.05) is 48.8 Å². The molecule has 4 aliphatic rings. The first-order valence-corrected chi connectivity index (χ1v) is 10.2. The van der Waals surface area contributed by atoms with E-state index in [2.05, 4.69) is 33.4 Å². The Balaban J connectivity index is 1.80. The summed E-state index contributed by atoms with van der Waals surface area (Å²) in [5, 5.41) is 11.8. The molecule has 0 aromatic rings. The molecule has 4 unspecified atom stereocenters. The summed E-state index contributed by atoms with van der Waals surface area (Å²) in [6, 6.07) is 0. The maximum Gasteiger partial charge on any atom is 0.0721 e. The molecule has 1 N–H and O–H groups in total. The second kappa shape index (κ2) is 5.59. The quantitative estimate of drug-likeness (QED) is 0.621. The maximum absolute atomic E-state index is 11.8. The van der Waals surface area contributed by atoms with E-state index in [0.717, 1.165) is 38.0 Å². The van der Waals surface area contributed by atoms with Gasteiger partial charge in [0.05, 0.1) is 5.60 Å². The third kappa shape index (κ3) is 2.09. The third-order valence-electron chi connectivity index (χ3n) is 8.33. The molecule has 0 radical (unpaired) electrons. The van der Waals surface area contributed by atoms with Crippen LogP contribution >= 0.6 is 0 Å². The molecule has 4 aliphatic carbocycles. The topological polar surface area (TPSA) is 20.2 Å². The van der Waals surface area contributed by atoms with Crippen molar-refractivity contribution in [1.29, 1.82) is 0 Å². The first-order valence-electron chi connectivity index (χ1n) is 10.2. The number of aliphatic hydroxyl groups is 1. The van der Waals surface area contributed by atoms with Crippen LogP contribution in [0.1, 0.15) is 78.6 Å². The second-order valence-corrected chi connectivity index (χ2v) is 9.13.